The molecule has 0 heterocycles. The zero-order chi connectivity index (χ0) is 31.5. The van der Waals surface area contributed by atoms with Crippen LogP contribution >= 0.6 is 0 Å². The molecule has 2 unspecified atom stereocenters. The average Bonchev–Trinajstić information content (AvgIpc) is 2.96. The second-order valence-electron chi connectivity index (χ2n) is 12.5. The van der Waals surface area contributed by atoms with Crippen LogP contribution in [0.5, 0.6) is 0 Å². The van der Waals surface area contributed by atoms with Gasteiger partial charge in [-0.3, -0.25) is 0 Å². The van der Waals surface area contributed by atoms with Gasteiger partial charge in [-0.2, -0.15) is 0 Å². The second kappa shape index (κ2) is 39.5. The molecule has 0 saturated heterocycles. The van der Waals surface area contributed by atoms with Gasteiger partial charge >= 0.3 is 19.5 Å². The van der Waals surface area contributed by atoms with Crippen molar-refractivity contribution in [1.82, 2.24) is 0 Å². The van der Waals surface area contributed by atoms with Gasteiger partial charge in [0.1, 0.15) is 0 Å². The van der Waals surface area contributed by atoms with Gasteiger partial charge in [0, 0.05) is 11.9 Å². The van der Waals surface area contributed by atoms with Crippen LogP contribution in [0.2, 0.25) is 0 Å². The van der Waals surface area contributed by atoms with Crippen molar-refractivity contribution in [3.8, 4) is 0 Å². The van der Waals surface area contributed by atoms with E-state index in [0.29, 0.717) is 0 Å². The Bertz CT molecular complexity index is 512. The number of carboxylic acids is 2. The Labute approximate surface area is 279 Å². The first-order valence-corrected chi connectivity index (χ1v) is 18.1. The van der Waals surface area contributed by atoms with E-state index in [-0.39, 0.29) is 44.5 Å². The van der Waals surface area contributed by atoms with Crippen molar-refractivity contribution in [3.05, 3.63) is 0 Å². The van der Waals surface area contributed by atoms with Crippen LogP contribution < -0.4 is 10.2 Å². The normalized spacial score (nSPS) is 12.2. The van der Waals surface area contributed by atoms with E-state index in [9.17, 15) is 30.0 Å². The third-order valence-electron chi connectivity index (χ3n) is 8.12. The van der Waals surface area contributed by atoms with Crippen molar-refractivity contribution < 1.29 is 49.5 Å². The third-order valence-corrected chi connectivity index (χ3v) is 8.12. The molecule has 7 heteroatoms. The number of unbranched alkanes of at least 4 members (excludes halogenated alkanes) is 20. The smallest absolute Gasteiger partial charge is 0.550 e. The fraction of sp³-hybridized carbons (Fsp3) is 0.944. The molecule has 0 fully saturated rings. The van der Waals surface area contributed by atoms with Crippen LogP contribution in [0.1, 0.15) is 206 Å². The number of carboxylic acid groups (broad SMARTS) is 2. The summed E-state index contributed by atoms with van der Waals surface area (Å²) in [6, 6.07) is 0. The maximum atomic E-state index is 10.2. The summed E-state index contributed by atoms with van der Waals surface area (Å²) in [7, 11) is 0. The predicted octanol–water partition coefficient (Wildman–Crippen LogP) is 7.93. The molecule has 0 saturated carbocycles. The van der Waals surface area contributed by atoms with Crippen LogP contribution in [0, 0.1) is 0 Å². The molecule has 6 nitrogen and oxygen atoms in total. The van der Waals surface area contributed by atoms with Crippen molar-refractivity contribution >= 4 is 11.9 Å². The van der Waals surface area contributed by atoms with E-state index >= 15 is 0 Å². The summed E-state index contributed by atoms with van der Waals surface area (Å²) in [4.78, 5) is 20.5. The van der Waals surface area contributed by atoms with Crippen LogP contribution in [0.25, 0.3) is 0 Å². The van der Waals surface area contributed by atoms with E-state index in [2.05, 4.69) is 13.8 Å². The van der Waals surface area contributed by atoms with E-state index < -0.39 is 11.9 Å². The van der Waals surface area contributed by atoms with Crippen LogP contribution in [0.15, 0.2) is 0 Å². The zero-order valence-electron chi connectivity index (χ0n) is 28.6. The number of aliphatic hydroxyl groups is 2. The Morgan fingerprint density at radius 1 is 0.419 bits per heavy atom. The van der Waals surface area contributed by atoms with Crippen LogP contribution in [0.3, 0.4) is 0 Å². The van der Waals surface area contributed by atoms with E-state index in [4.69, 9.17) is 0 Å². The number of aliphatic carboxylic acids is 2. The largest absolute Gasteiger partial charge is 2.00 e. The van der Waals surface area contributed by atoms with Gasteiger partial charge in [0.2, 0.25) is 0 Å². The quantitative estimate of drug-likeness (QED) is 0.0557. The fourth-order valence-electron chi connectivity index (χ4n) is 5.30. The first-order chi connectivity index (χ1) is 20.3. The molecule has 0 aromatic carbocycles. The number of aliphatic hydroxyl groups excluding tert-OH is 2. The van der Waals surface area contributed by atoms with Crippen LogP contribution in [0.4, 0.5) is 0 Å². The molecular formula is C36H70O6Zn. The van der Waals surface area contributed by atoms with Crippen LogP contribution in [-0.4, -0.2) is 34.4 Å². The minimum absolute atomic E-state index is 0. The summed E-state index contributed by atoms with van der Waals surface area (Å²) in [5.41, 5.74) is 0. The molecule has 252 valence electrons. The Balaban J connectivity index is -0.000000727. The molecule has 0 amide bonds. The van der Waals surface area contributed by atoms with E-state index in [1.807, 2.05) is 0 Å². The summed E-state index contributed by atoms with van der Waals surface area (Å²) in [5.74, 6) is -1.84. The van der Waals surface area contributed by atoms with Crippen LogP contribution in [-0.2, 0) is 29.1 Å². The first-order valence-electron chi connectivity index (χ1n) is 18.1. The second-order valence-corrected chi connectivity index (χ2v) is 12.5. The van der Waals surface area contributed by atoms with Gasteiger partial charge in [0.15, 0.2) is 0 Å². The van der Waals surface area contributed by atoms with Crippen molar-refractivity contribution in [1.29, 1.82) is 0 Å². The summed E-state index contributed by atoms with van der Waals surface area (Å²) < 4.78 is 0. The molecular weight excluding hydrogens is 594 g/mol. The Hall–Kier alpha value is -0.517. The molecule has 0 rings (SSSR count). The molecule has 0 aliphatic rings. The topological polar surface area (TPSA) is 121 Å². The van der Waals surface area contributed by atoms with E-state index in [1.165, 1.54) is 89.9 Å². The first kappa shape index (κ1) is 46.9. The van der Waals surface area contributed by atoms with E-state index in [0.717, 1.165) is 89.9 Å². The van der Waals surface area contributed by atoms with Gasteiger partial charge in [-0.25, -0.2) is 0 Å². The predicted molar refractivity (Wildman–Crippen MR) is 172 cm³/mol. The van der Waals surface area contributed by atoms with Crippen molar-refractivity contribution in [2.45, 2.75) is 219 Å². The van der Waals surface area contributed by atoms with Gasteiger partial charge in [-0.05, 0) is 51.4 Å². The van der Waals surface area contributed by atoms with Gasteiger partial charge in [-0.1, -0.05) is 155 Å². The molecule has 0 bridgehead atoms. The number of rotatable bonds is 32. The third kappa shape index (κ3) is 46.0. The minimum Gasteiger partial charge on any atom is -0.550 e. The Morgan fingerprint density at radius 2 is 0.628 bits per heavy atom. The SMILES string of the molecule is CCCCC(O)CCCCCCCCCCCCC(=O)[O-].CCCCC(O)CCCCCCCCCCCCC(=O)[O-].[Zn+2]. The monoisotopic (exact) mass is 662 g/mol. The number of carbonyl (C=O) groups is 2. The molecule has 0 aromatic rings. The Kier molecular flexibility index (Phi) is 43.1. The van der Waals surface area contributed by atoms with Gasteiger partial charge in [-0.15, -0.1) is 0 Å². The molecule has 0 aromatic heterocycles. The standard InChI is InChI=1S/2C18H36O3.Zn/c2*1-2-3-14-17(19)15-12-10-8-6-4-5-7-9-11-13-16-18(20)21;/h2*17,19H,2-16H2,1H3,(H,20,21);/q;;+2/p-2. The molecule has 2 atom stereocenters. The molecule has 0 aliphatic carbocycles. The van der Waals surface area contributed by atoms with Gasteiger partial charge in [0.05, 0.1) is 12.2 Å². The number of hydrogen-bond acceptors (Lipinski definition) is 6. The Morgan fingerprint density at radius 3 is 0.860 bits per heavy atom. The molecule has 0 aliphatic heterocycles. The van der Waals surface area contributed by atoms with Gasteiger partial charge < -0.3 is 30.0 Å². The number of carbonyl (C=O) groups excluding carboxylic acids is 2. The average molecular weight is 664 g/mol. The minimum atomic E-state index is -0.921. The molecule has 0 radical (unpaired) electrons. The maximum Gasteiger partial charge on any atom is 2.00 e. The van der Waals surface area contributed by atoms with Crippen molar-refractivity contribution in [3.63, 3.8) is 0 Å². The summed E-state index contributed by atoms with van der Waals surface area (Å²) in [6.07, 6.45) is 32.2. The number of hydrogen-bond donors (Lipinski definition) is 2. The molecule has 2 N–H and O–H groups in total. The zero-order valence-corrected chi connectivity index (χ0v) is 31.6. The fourth-order valence-corrected chi connectivity index (χ4v) is 5.30. The summed E-state index contributed by atoms with van der Waals surface area (Å²) in [5, 5.41) is 39.9. The van der Waals surface area contributed by atoms with Gasteiger partial charge in [0.25, 0.3) is 0 Å². The molecule has 43 heavy (non-hydrogen) atoms. The summed E-state index contributed by atoms with van der Waals surface area (Å²) in [6.45, 7) is 4.33. The summed E-state index contributed by atoms with van der Waals surface area (Å²) >= 11 is 0. The van der Waals surface area contributed by atoms with Crippen molar-refractivity contribution in [2.24, 2.45) is 0 Å². The maximum absolute atomic E-state index is 10.2. The molecule has 0 spiro atoms. The van der Waals surface area contributed by atoms with E-state index in [1.54, 1.807) is 0 Å². The van der Waals surface area contributed by atoms with Crippen molar-refractivity contribution in [2.75, 3.05) is 0 Å².